The predicted molar refractivity (Wildman–Crippen MR) is 73.4 cm³/mol. The van der Waals surface area contributed by atoms with Crippen LogP contribution in [0.4, 0.5) is 4.79 Å². The minimum Gasteiger partial charge on any atom is -0.274 e. The zero-order valence-electron chi connectivity index (χ0n) is 9.55. The van der Waals surface area contributed by atoms with Crippen LogP contribution in [0.2, 0.25) is 0 Å². The lowest BCUT2D eigenvalue weighted by Gasteiger charge is -2.15. The van der Waals surface area contributed by atoms with Gasteiger partial charge in [-0.25, -0.2) is 0 Å². The molecule has 1 aromatic carbocycles. The van der Waals surface area contributed by atoms with Crippen molar-refractivity contribution in [3.05, 3.63) is 35.4 Å². The van der Waals surface area contributed by atoms with E-state index in [0.29, 0.717) is 6.42 Å². The molecule has 0 fully saturated rings. The lowest BCUT2D eigenvalue weighted by atomic mass is 9.98. The number of hydrogen-bond donors (Lipinski definition) is 0. The van der Waals surface area contributed by atoms with E-state index in [4.69, 9.17) is 5.26 Å². The van der Waals surface area contributed by atoms with Crippen LogP contribution in [0, 0.1) is 11.3 Å². The number of nitrogens with zero attached hydrogens (tertiary/aromatic N) is 1. The highest BCUT2D eigenvalue weighted by Crippen LogP contribution is 2.43. The van der Waals surface area contributed by atoms with Gasteiger partial charge in [-0.1, -0.05) is 47.8 Å². The van der Waals surface area contributed by atoms with Crippen LogP contribution >= 0.6 is 23.5 Å². The van der Waals surface area contributed by atoms with E-state index >= 15 is 0 Å². The number of thioether (sulfide) groups is 2. The number of benzene rings is 1. The molecule has 0 aromatic heterocycles. The van der Waals surface area contributed by atoms with E-state index in [9.17, 15) is 4.79 Å². The molecule has 4 heteroatoms. The van der Waals surface area contributed by atoms with E-state index in [2.05, 4.69) is 18.2 Å². The molecule has 0 saturated carbocycles. The fourth-order valence-corrected chi connectivity index (χ4v) is 3.95. The minimum atomic E-state index is 0.144. The first-order chi connectivity index (χ1) is 8.26. The molecule has 0 radical (unpaired) electrons. The van der Waals surface area contributed by atoms with Crippen LogP contribution in [-0.4, -0.2) is 16.0 Å². The summed E-state index contributed by atoms with van der Waals surface area (Å²) in [5.74, 6) is 0.206. The molecule has 0 N–H and O–H groups in total. The summed E-state index contributed by atoms with van der Waals surface area (Å²) >= 11 is 2.64. The average molecular weight is 263 g/mol. The zero-order valence-corrected chi connectivity index (χ0v) is 11.2. The molecule has 0 heterocycles. The van der Waals surface area contributed by atoms with Gasteiger partial charge in [-0.05, 0) is 23.8 Å². The molecule has 0 spiro atoms. The van der Waals surface area contributed by atoms with Crippen molar-refractivity contribution in [2.75, 3.05) is 6.26 Å². The summed E-state index contributed by atoms with van der Waals surface area (Å²) in [7, 11) is 0. The van der Waals surface area contributed by atoms with Crippen LogP contribution in [0.5, 0.6) is 0 Å². The van der Waals surface area contributed by atoms with Gasteiger partial charge in [0.1, 0.15) is 0 Å². The maximum Gasteiger partial charge on any atom is 0.246 e. The van der Waals surface area contributed by atoms with Gasteiger partial charge < -0.3 is 0 Å². The van der Waals surface area contributed by atoms with E-state index in [1.54, 1.807) is 6.26 Å². The number of carbonyl (C=O) groups is 1. The second-order valence-corrected chi connectivity index (χ2v) is 6.23. The molecular formula is C13H13NOS2. The molecule has 0 amide bonds. The van der Waals surface area contributed by atoms with Gasteiger partial charge in [0.15, 0.2) is 0 Å². The molecule has 1 aliphatic carbocycles. The fourth-order valence-electron chi connectivity index (χ4n) is 2.28. The maximum atomic E-state index is 11.5. The van der Waals surface area contributed by atoms with Gasteiger partial charge in [0, 0.05) is 17.6 Å². The van der Waals surface area contributed by atoms with Crippen molar-refractivity contribution >= 4 is 28.0 Å². The van der Waals surface area contributed by atoms with Gasteiger partial charge in [-0.3, -0.25) is 4.79 Å². The van der Waals surface area contributed by atoms with E-state index in [1.807, 2.05) is 12.1 Å². The summed E-state index contributed by atoms with van der Waals surface area (Å²) in [5.41, 5.74) is 2.54. The van der Waals surface area contributed by atoms with Crippen LogP contribution < -0.4 is 0 Å². The number of rotatable bonds is 2. The van der Waals surface area contributed by atoms with Crippen molar-refractivity contribution in [1.82, 2.24) is 0 Å². The van der Waals surface area contributed by atoms with Gasteiger partial charge in [-0.2, -0.15) is 5.26 Å². The second kappa shape index (κ2) is 5.61. The van der Waals surface area contributed by atoms with Crippen molar-refractivity contribution in [2.45, 2.75) is 24.0 Å². The van der Waals surface area contributed by atoms with Crippen LogP contribution in [0.15, 0.2) is 24.3 Å². The SMILES string of the molecule is CSC(=O)SC1Cc2ccccc2C1CC#N. The van der Waals surface area contributed by atoms with Gasteiger partial charge in [0.05, 0.1) is 6.07 Å². The van der Waals surface area contributed by atoms with Crippen molar-refractivity contribution in [3.63, 3.8) is 0 Å². The molecule has 88 valence electrons. The predicted octanol–water partition coefficient (Wildman–Crippen LogP) is 3.82. The third-order valence-electron chi connectivity index (χ3n) is 3.05. The molecule has 1 aromatic rings. The Labute approximate surface area is 110 Å². The maximum absolute atomic E-state index is 11.5. The minimum absolute atomic E-state index is 0.144. The first-order valence-electron chi connectivity index (χ1n) is 5.45. The second-order valence-electron chi connectivity index (χ2n) is 3.98. The van der Waals surface area contributed by atoms with E-state index in [0.717, 1.165) is 6.42 Å². The smallest absolute Gasteiger partial charge is 0.246 e. The van der Waals surface area contributed by atoms with Crippen molar-refractivity contribution in [3.8, 4) is 6.07 Å². The summed E-state index contributed by atoms with van der Waals surface area (Å²) in [6, 6.07) is 10.5. The molecule has 2 nitrogen and oxygen atoms in total. The van der Waals surface area contributed by atoms with Crippen LogP contribution in [0.25, 0.3) is 0 Å². The van der Waals surface area contributed by atoms with Crippen LogP contribution in [0.1, 0.15) is 23.5 Å². The molecule has 2 unspecified atom stereocenters. The highest BCUT2D eigenvalue weighted by Gasteiger charge is 2.33. The Morgan fingerprint density at radius 1 is 1.53 bits per heavy atom. The van der Waals surface area contributed by atoms with Crippen molar-refractivity contribution in [2.24, 2.45) is 0 Å². The highest BCUT2D eigenvalue weighted by molar-refractivity contribution is 8.38. The van der Waals surface area contributed by atoms with Crippen molar-refractivity contribution in [1.29, 1.82) is 5.26 Å². The summed E-state index contributed by atoms with van der Waals surface area (Å²) in [5, 5.41) is 9.14. The first-order valence-corrected chi connectivity index (χ1v) is 7.56. The average Bonchev–Trinajstić information content (AvgIpc) is 2.68. The Morgan fingerprint density at radius 2 is 2.29 bits per heavy atom. The molecule has 2 rings (SSSR count). The zero-order chi connectivity index (χ0) is 12.3. The molecule has 0 aliphatic heterocycles. The molecule has 1 aliphatic rings. The van der Waals surface area contributed by atoms with Crippen LogP contribution in [-0.2, 0) is 6.42 Å². The van der Waals surface area contributed by atoms with Gasteiger partial charge in [0.25, 0.3) is 0 Å². The largest absolute Gasteiger partial charge is 0.274 e. The fraction of sp³-hybridized carbons (Fsp3) is 0.385. The normalized spacial score (nSPS) is 21.9. The summed E-state index contributed by atoms with van der Waals surface area (Å²) in [4.78, 5) is 11.5. The van der Waals surface area contributed by atoms with Gasteiger partial charge in [-0.15, -0.1) is 0 Å². The molecule has 0 saturated heterocycles. The molecular weight excluding hydrogens is 250 g/mol. The van der Waals surface area contributed by atoms with E-state index < -0.39 is 0 Å². The number of nitriles is 1. The van der Waals surface area contributed by atoms with Gasteiger partial charge in [0.2, 0.25) is 4.45 Å². The topological polar surface area (TPSA) is 40.9 Å². The standard InChI is InChI=1S/C13H13NOS2/c1-16-13(15)17-12-8-9-4-2-3-5-10(9)11(12)6-7-14/h2-5,11-12H,6,8H2,1H3. The van der Waals surface area contributed by atoms with Crippen LogP contribution in [0.3, 0.4) is 0 Å². The molecule has 17 heavy (non-hydrogen) atoms. The Kier molecular flexibility index (Phi) is 4.14. The highest BCUT2D eigenvalue weighted by atomic mass is 32.2. The molecule has 0 bridgehead atoms. The van der Waals surface area contributed by atoms with Gasteiger partial charge >= 0.3 is 0 Å². The summed E-state index contributed by atoms with van der Waals surface area (Å²) in [6.45, 7) is 0. The Hall–Kier alpha value is -0.920. The number of carbonyl (C=O) groups excluding carboxylic acids is 1. The summed E-state index contributed by atoms with van der Waals surface area (Å²) in [6.07, 6.45) is 3.20. The Balaban J connectivity index is 2.21. The lowest BCUT2D eigenvalue weighted by Crippen LogP contribution is -2.11. The molecule has 2 atom stereocenters. The lowest BCUT2D eigenvalue weighted by molar-refractivity contribution is 0.276. The monoisotopic (exact) mass is 263 g/mol. The van der Waals surface area contributed by atoms with E-state index in [1.165, 1.54) is 34.7 Å². The number of hydrogen-bond acceptors (Lipinski definition) is 4. The number of fused-ring (bicyclic) bond motifs is 1. The summed E-state index contributed by atoms with van der Waals surface area (Å²) < 4.78 is 0.144. The Morgan fingerprint density at radius 3 is 3.00 bits per heavy atom. The third kappa shape index (κ3) is 2.67. The quantitative estimate of drug-likeness (QED) is 0.813. The first kappa shape index (κ1) is 12.5. The third-order valence-corrected chi connectivity index (χ3v) is 5.16. The van der Waals surface area contributed by atoms with Crippen molar-refractivity contribution < 1.29 is 4.79 Å². The Bertz CT molecular complexity index is 467. The van der Waals surface area contributed by atoms with E-state index in [-0.39, 0.29) is 15.6 Å².